The number of carbonyl (C=O) groups excluding carboxylic acids is 2. The van der Waals surface area contributed by atoms with Crippen LogP contribution in [0.3, 0.4) is 0 Å². The molecule has 0 aromatic carbocycles. The van der Waals surface area contributed by atoms with Crippen LogP contribution in [0.25, 0.3) is 0 Å². The molecule has 1 aliphatic rings. The maximum atomic E-state index is 12.2. The molecule has 1 N–H and O–H groups in total. The van der Waals surface area contributed by atoms with Gasteiger partial charge in [0, 0.05) is 18.3 Å². The zero-order valence-corrected chi connectivity index (χ0v) is 11.6. The van der Waals surface area contributed by atoms with Crippen molar-refractivity contribution < 1.29 is 14.3 Å². The lowest BCUT2D eigenvalue weighted by Crippen LogP contribution is -2.39. The Labute approximate surface area is 112 Å². The molecule has 2 atom stereocenters. The van der Waals surface area contributed by atoms with E-state index in [9.17, 15) is 9.59 Å². The molecule has 6 heteroatoms. The van der Waals surface area contributed by atoms with Crippen molar-refractivity contribution in [3.63, 3.8) is 0 Å². The Bertz CT molecular complexity index is 476. The molecule has 6 nitrogen and oxygen atoms in total. The predicted octanol–water partition coefficient (Wildman–Crippen LogP) is 2.25. The van der Waals surface area contributed by atoms with Crippen molar-refractivity contribution in [2.75, 3.05) is 0 Å². The first-order chi connectivity index (χ1) is 8.79. The quantitative estimate of drug-likeness (QED) is 0.845. The second kappa shape index (κ2) is 4.68. The molecule has 0 saturated carbocycles. The van der Waals surface area contributed by atoms with E-state index in [2.05, 4.69) is 9.97 Å². The van der Waals surface area contributed by atoms with E-state index in [0.717, 1.165) is 0 Å². The number of aromatic amines is 1. The van der Waals surface area contributed by atoms with Crippen molar-refractivity contribution in [1.29, 1.82) is 0 Å². The molecule has 1 aliphatic heterocycles. The molecular weight excluding hydrogens is 246 g/mol. The Morgan fingerprint density at radius 1 is 1.53 bits per heavy atom. The third-order valence-corrected chi connectivity index (χ3v) is 2.97. The van der Waals surface area contributed by atoms with Gasteiger partial charge in [0.2, 0.25) is 5.91 Å². The SMILES string of the molecule is C[C@H]1C[C@@H](c2ncc[nH]2)N(C(=O)OC(C)(C)C)C1=O. The number of hydrogen-bond acceptors (Lipinski definition) is 4. The highest BCUT2D eigenvalue weighted by atomic mass is 16.6. The summed E-state index contributed by atoms with van der Waals surface area (Å²) in [5, 5.41) is 0. The Hall–Kier alpha value is -1.85. The van der Waals surface area contributed by atoms with Crippen molar-refractivity contribution in [2.24, 2.45) is 5.92 Å². The molecule has 0 unspecified atom stereocenters. The Morgan fingerprint density at radius 2 is 2.21 bits per heavy atom. The molecule has 0 radical (unpaired) electrons. The number of aromatic nitrogens is 2. The van der Waals surface area contributed by atoms with E-state index in [1.54, 1.807) is 33.2 Å². The Kier molecular flexibility index (Phi) is 3.34. The molecule has 0 bridgehead atoms. The first kappa shape index (κ1) is 13.6. The van der Waals surface area contributed by atoms with Crippen LogP contribution >= 0.6 is 0 Å². The maximum absolute atomic E-state index is 12.2. The lowest BCUT2D eigenvalue weighted by Gasteiger charge is -2.26. The van der Waals surface area contributed by atoms with Gasteiger partial charge in [0.1, 0.15) is 17.5 Å². The average Bonchev–Trinajstić information content (AvgIpc) is 2.85. The average molecular weight is 265 g/mol. The standard InChI is InChI=1S/C13H19N3O3/c1-8-7-9(10-14-5-6-15-10)16(11(8)17)12(18)19-13(2,3)4/h5-6,8-9H,7H2,1-4H3,(H,14,15)/t8-,9-/m0/s1. The molecule has 2 amide bonds. The third kappa shape index (κ3) is 2.77. The molecule has 1 aromatic heterocycles. The Morgan fingerprint density at radius 3 is 2.74 bits per heavy atom. The normalized spacial score (nSPS) is 23.8. The highest BCUT2D eigenvalue weighted by Gasteiger charge is 2.44. The van der Waals surface area contributed by atoms with Gasteiger partial charge in [0.15, 0.2) is 0 Å². The van der Waals surface area contributed by atoms with Crippen molar-refractivity contribution in [3.05, 3.63) is 18.2 Å². The highest BCUT2D eigenvalue weighted by Crippen LogP contribution is 2.35. The molecule has 0 aliphatic carbocycles. The molecule has 1 aromatic rings. The van der Waals surface area contributed by atoms with Gasteiger partial charge in [-0.25, -0.2) is 14.7 Å². The minimum absolute atomic E-state index is 0.206. The molecule has 19 heavy (non-hydrogen) atoms. The molecule has 2 rings (SSSR count). The summed E-state index contributed by atoms with van der Waals surface area (Å²) < 4.78 is 5.29. The van der Waals surface area contributed by atoms with E-state index in [1.807, 2.05) is 6.92 Å². The first-order valence-corrected chi connectivity index (χ1v) is 6.35. The fraction of sp³-hybridized carbons (Fsp3) is 0.615. The summed E-state index contributed by atoms with van der Waals surface area (Å²) >= 11 is 0. The summed E-state index contributed by atoms with van der Waals surface area (Å²) in [6, 6.07) is -0.368. The van der Waals surface area contributed by atoms with Gasteiger partial charge < -0.3 is 9.72 Å². The van der Waals surface area contributed by atoms with Crippen molar-refractivity contribution in [3.8, 4) is 0 Å². The number of hydrogen-bond donors (Lipinski definition) is 1. The van der Waals surface area contributed by atoms with Gasteiger partial charge >= 0.3 is 6.09 Å². The smallest absolute Gasteiger partial charge is 0.417 e. The number of nitrogens with zero attached hydrogens (tertiary/aromatic N) is 2. The predicted molar refractivity (Wildman–Crippen MR) is 68.2 cm³/mol. The number of imidazole rings is 1. The van der Waals surface area contributed by atoms with Crippen LogP contribution in [-0.2, 0) is 9.53 Å². The topological polar surface area (TPSA) is 75.3 Å². The maximum Gasteiger partial charge on any atom is 0.417 e. The van der Waals surface area contributed by atoms with Gasteiger partial charge in [-0.2, -0.15) is 0 Å². The van der Waals surface area contributed by atoms with Gasteiger partial charge in [0.25, 0.3) is 0 Å². The number of likely N-dealkylation sites (tertiary alicyclic amines) is 1. The van der Waals surface area contributed by atoms with Crippen molar-refractivity contribution >= 4 is 12.0 Å². The minimum Gasteiger partial charge on any atom is -0.443 e. The third-order valence-electron chi connectivity index (χ3n) is 2.97. The van der Waals surface area contributed by atoms with Crippen molar-refractivity contribution in [1.82, 2.24) is 14.9 Å². The largest absolute Gasteiger partial charge is 0.443 e. The van der Waals surface area contributed by atoms with Crippen LogP contribution in [-0.4, -0.2) is 32.5 Å². The summed E-state index contributed by atoms with van der Waals surface area (Å²) in [7, 11) is 0. The Balaban J connectivity index is 2.24. The summed E-state index contributed by atoms with van der Waals surface area (Å²) in [5.74, 6) is 0.196. The van der Waals surface area contributed by atoms with Crippen LogP contribution in [0.15, 0.2) is 12.4 Å². The molecule has 0 spiro atoms. The van der Waals surface area contributed by atoms with E-state index in [-0.39, 0.29) is 17.9 Å². The lowest BCUT2D eigenvalue weighted by molar-refractivity contribution is -0.130. The minimum atomic E-state index is -0.628. The second-order valence-electron chi connectivity index (χ2n) is 5.82. The summed E-state index contributed by atoms with van der Waals surface area (Å²) in [5.41, 5.74) is -0.628. The zero-order chi connectivity index (χ0) is 14.2. The van der Waals surface area contributed by atoms with Crippen LogP contribution in [0.1, 0.15) is 46.0 Å². The fourth-order valence-corrected chi connectivity index (χ4v) is 2.15. The van der Waals surface area contributed by atoms with Gasteiger partial charge in [-0.3, -0.25) is 4.79 Å². The number of H-pyrrole nitrogens is 1. The van der Waals surface area contributed by atoms with E-state index < -0.39 is 11.7 Å². The van der Waals surface area contributed by atoms with E-state index in [4.69, 9.17) is 4.74 Å². The molecule has 1 saturated heterocycles. The van der Waals surface area contributed by atoms with Gasteiger partial charge in [-0.15, -0.1) is 0 Å². The molecule has 1 fully saturated rings. The van der Waals surface area contributed by atoms with E-state index >= 15 is 0 Å². The molecule has 2 heterocycles. The molecular formula is C13H19N3O3. The van der Waals surface area contributed by atoms with E-state index in [0.29, 0.717) is 12.2 Å². The van der Waals surface area contributed by atoms with Gasteiger partial charge in [0.05, 0.1) is 0 Å². The van der Waals surface area contributed by atoms with Crippen LogP contribution in [0.4, 0.5) is 4.79 Å². The first-order valence-electron chi connectivity index (χ1n) is 6.35. The number of ether oxygens (including phenoxy) is 1. The number of imide groups is 1. The summed E-state index contributed by atoms with van der Waals surface area (Å²) in [6.45, 7) is 7.13. The highest BCUT2D eigenvalue weighted by molar-refractivity contribution is 5.95. The van der Waals surface area contributed by atoms with Crippen LogP contribution in [0, 0.1) is 5.92 Å². The number of rotatable bonds is 1. The van der Waals surface area contributed by atoms with Crippen LogP contribution in [0.2, 0.25) is 0 Å². The second-order valence-corrected chi connectivity index (χ2v) is 5.82. The van der Waals surface area contributed by atoms with Crippen LogP contribution < -0.4 is 0 Å². The number of amides is 2. The number of nitrogens with one attached hydrogen (secondary N) is 1. The zero-order valence-electron chi connectivity index (χ0n) is 11.6. The van der Waals surface area contributed by atoms with Crippen LogP contribution in [0.5, 0.6) is 0 Å². The van der Waals surface area contributed by atoms with Gasteiger partial charge in [-0.1, -0.05) is 6.92 Å². The van der Waals surface area contributed by atoms with Crippen molar-refractivity contribution in [2.45, 2.75) is 45.8 Å². The fourth-order valence-electron chi connectivity index (χ4n) is 2.15. The summed E-state index contributed by atoms with van der Waals surface area (Å²) in [4.78, 5) is 32.6. The molecule has 104 valence electrons. The van der Waals surface area contributed by atoms with Gasteiger partial charge in [-0.05, 0) is 27.2 Å². The number of carbonyl (C=O) groups is 2. The monoisotopic (exact) mass is 265 g/mol. The van der Waals surface area contributed by atoms with E-state index in [1.165, 1.54) is 4.90 Å². The lowest BCUT2D eigenvalue weighted by atomic mass is 10.1. The summed E-state index contributed by atoms with van der Waals surface area (Å²) in [6.07, 6.45) is 3.24.